The van der Waals surface area contributed by atoms with Crippen molar-refractivity contribution < 1.29 is 17.7 Å². The minimum atomic E-state index is 0. The van der Waals surface area contributed by atoms with E-state index in [1.165, 1.54) is 18.4 Å². The summed E-state index contributed by atoms with van der Waals surface area (Å²) < 4.78 is 0. The van der Waals surface area contributed by atoms with E-state index in [-0.39, 0.29) is 12.4 Å². The Labute approximate surface area is 112 Å². The average Bonchev–Trinajstić information content (AvgIpc) is 2.36. The zero-order valence-corrected chi connectivity index (χ0v) is 12.3. The molecule has 98 valence electrons. The first-order chi connectivity index (χ1) is 7.74. The molecule has 0 aliphatic rings. The molecule has 0 bridgehead atoms. The Morgan fingerprint density at radius 1 is 1.00 bits per heavy atom. The number of hydrogen-bond acceptors (Lipinski definition) is 0. The van der Waals surface area contributed by atoms with E-state index in [0.29, 0.717) is 5.54 Å². The molecule has 1 nitrogen and oxygen atoms in total. The van der Waals surface area contributed by atoms with Crippen LogP contribution in [0.4, 0.5) is 0 Å². The van der Waals surface area contributed by atoms with Crippen molar-refractivity contribution in [2.24, 2.45) is 0 Å². The molecule has 1 aromatic rings. The van der Waals surface area contributed by atoms with Crippen LogP contribution in [0.2, 0.25) is 0 Å². The molecule has 2 heteroatoms. The number of hydrogen-bond donors (Lipinski definition) is 1. The Morgan fingerprint density at radius 3 is 2.06 bits per heavy atom. The molecule has 17 heavy (non-hydrogen) atoms. The van der Waals surface area contributed by atoms with Crippen molar-refractivity contribution in [2.75, 3.05) is 6.54 Å². The molecular weight excluding hydrogens is 230 g/mol. The molecule has 0 spiro atoms. The summed E-state index contributed by atoms with van der Waals surface area (Å²) in [6.07, 6.45) is 3.54. The van der Waals surface area contributed by atoms with Crippen molar-refractivity contribution in [3.8, 4) is 0 Å². The first-order valence-electron chi connectivity index (χ1n) is 6.66. The summed E-state index contributed by atoms with van der Waals surface area (Å²) in [5, 5.41) is 2.50. The van der Waals surface area contributed by atoms with Crippen LogP contribution >= 0.6 is 0 Å². The van der Waals surface area contributed by atoms with Crippen molar-refractivity contribution in [3.05, 3.63) is 35.4 Å². The lowest BCUT2D eigenvalue weighted by Gasteiger charge is -2.31. The van der Waals surface area contributed by atoms with Crippen LogP contribution in [0.15, 0.2) is 24.3 Å². The molecule has 0 amide bonds. The molecular formula is C15H26ClN. The van der Waals surface area contributed by atoms with Crippen LogP contribution in [0.1, 0.15) is 51.7 Å². The van der Waals surface area contributed by atoms with Crippen molar-refractivity contribution in [1.82, 2.24) is 0 Å². The highest BCUT2D eigenvalue weighted by Crippen LogP contribution is 2.27. The Balaban J connectivity index is 0.00000256. The monoisotopic (exact) mass is 255 g/mol. The van der Waals surface area contributed by atoms with Crippen LogP contribution in [0, 0.1) is 0 Å². The molecule has 0 saturated carbocycles. The molecule has 0 aromatic heterocycles. The van der Waals surface area contributed by atoms with E-state index in [9.17, 15) is 0 Å². The van der Waals surface area contributed by atoms with Crippen LogP contribution < -0.4 is 17.7 Å². The van der Waals surface area contributed by atoms with Gasteiger partial charge in [0, 0.05) is 18.4 Å². The third-order valence-electron chi connectivity index (χ3n) is 3.79. The van der Waals surface area contributed by atoms with Gasteiger partial charge in [0.1, 0.15) is 5.54 Å². The maximum atomic E-state index is 2.50. The largest absolute Gasteiger partial charge is 1.00 e. The molecule has 0 saturated heterocycles. The normalized spacial score (nSPS) is 11.1. The molecule has 0 radical (unpaired) electrons. The fourth-order valence-corrected chi connectivity index (χ4v) is 2.73. The molecule has 0 atom stereocenters. The molecule has 1 aromatic carbocycles. The van der Waals surface area contributed by atoms with Crippen molar-refractivity contribution in [3.63, 3.8) is 0 Å². The van der Waals surface area contributed by atoms with Crippen molar-refractivity contribution >= 4 is 0 Å². The predicted octanol–water partition coefficient (Wildman–Crippen LogP) is -0.148. The highest BCUT2D eigenvalue weighted by atomic mass is 35.5. The predicted molar refractivity (Wildman–Crippen MR) is 70.5 cm³/mol. The number of benzene rings is 1. The quantitative estimate of drug-likeness (QED) is 0.729. The first-order valence-corrected chi connectivity index (χ1v) is 6.66. The summed E-state index contributed by atoms with van der Waals surface area (Å²) in [7, 11) is 0. The summed E-state index contributed by atoms with van der Waals surface area (Å²) in [6.45, 7) is 10.3. The van der Waals surface area contributed by atoms with E-state index in [1.807, 2.05) is 0 Å². The van der Waals surface area contributed by atoms with Gasteiger partial charge in [-0.15, -0.1) is 0 Å². The van der Waals surface area contributed by atoms with Gasteiger partial charge in [0.2, 0.25) is 0 Å². The van der Waals surface area contributed by atoms with Gasteiger partial charge in [0.05, 0.1) is 6.54 Å². The Bertz CT molecular complexity index is 318. The summed E-state index contributed by atoms with van der Waals surface area (Å²) in [5.41, 5.74) is 3.35. The van der Waals surface area contributed by atoms with Crippen molar-refractivity contribution in [2.45, 2.75) is 52.5 Å². The van der Waals surface area contributed by atoms with Gasteiger partial charge in [-0.05, 0) is 18.9 Å². The van der Waals surface area contributed by atoms with Crippen LogP contribution in [-0.2, 0) is 12.0 Å². The summed E-state index contributed by atoms with van der Waals surface area (Å²) >= 11 is 0. The fourth-order valence-electron chi connectivity index (χ4n) is 2.73. The van der Waals surface area contributed by atoms with Gasteiger partial charge >= 0.3 is 0 Å². The zero-order chi connectivity index (χ0) is 12.0. The van der Waals surface area contributed by atoms with Gasteiger partial charge in [-0.1, -0.05) is 45.0 Å². The van der Waals surface area contributed by atoms with Crippen molar-refractivity contribution in [1.29, 1.82) is 0 Å². The van der Waals surface area contributed by atoms with E-state index in [0.717, 1.165) is 13.0 Å². The van der Waals surface area contributed by atoms with E-state index in [2.05, 4.69) is 57.3 Å². The second-order valence-electron chi connectivity index (χ2n) is 4.49. The van der Waals surface area contributed by atoms with Gasteiger partial charge < -0.3 is 17.7 Å². The van der Waals surface area contributed by atoms with Crippen LogP contribution in [0.3, 0.4) is 0 Å². The molecule has 1 rings (SSSR count). The van der Waals surface area contributed by atoms with E-state index in [1.54, 1.807) is 5.56 Å². The SMILES string of the molecule is CC[NH2+]C(CC)(CC)c1ccccc1CC.[Cl-]. The van der Waals surface area contributed by atoms with E-state index in [4.69, 9.17) is 0 Å². The minimum absolute atomic E-state index is 0. The number of nitrogens with two attached hydrogens (primary N) is 1. The standard InChI is InChI=1S/C15H25N.ClH/c1-5-13-11-9-10-12-14(13)15(6-2,7-3)16-8-4;/h9-12,16H,5-8H2,1-4H3;1H. The molecule has 0 fully saturated rings. The Hall–Kier alpha value is -0.530. The number of halogens is 1. The van der Waals surface area contributed by atoms with Gasteiger partial charge in [0.15, 0.2) is 0 Å². The summed E-state index contributed by atoms with van der Waals surface area (Å²) in [4.78, 5) is 0. The fraction of sp³-hybridized carbons (Fsp3) is 0.600. The Kier molecular flexibility index (Phi) is 7.49. The summed E-state index contributed by atoms with van der Waals surface area (Å²) in [5.74, 6) is 0. The number of aryl methyl sites for hydroxylation is 1. The van der Waals surface area contributed by atoms with Gasteiger partial charge in [0.25, 0.3) is 0 Å². The maximum absolute atomic E-state index is 2.50. The van der Waals surface area contributed by atoms with Crippen LogP contribution in [-0.4, -0.2) is 6.54 Å². The second-order valence-corrected chi connectivity index (χ2v) is 4.49. The van der Waals surface area contributed by atoms with Gasteiger partial charge in [-0.25, -0.2) is 0 Å². The van der Waals surface area contributed by atoms with Gasteiger partial charge in [-0.2, -0.15) is 0 Å². The lowest BCUT2D eigenvalue weighted by Crippen LogP contribution is -3.00. The lowest BCUT2D eigenvalue weighted by atomic mass is 9.81. The second kappa shape index (κ2) is 7.73. The third-order valence-corrected chi connectivity index (χ3v) is 3.79. The van der Waals surface area contributed by atoms with Gasteiger partial charge in [-0.3, -0.25) is 0 Å². The Morgan fingerprint density at radius 2 is 1.59 bits per heavy atom. The number of quaternary nitrogens is 1. The first kappa shape index (κ1) is 16.5. The number of rotatable bonds is 6. The molecule has 0 unspecified atom stereocenters. The lowest BCUT2D eigenvalue weighted by molar-refractivity contribution is -0.735. The van der Waals surface area contributed by atoms with E-state index >= 15 is 0 Å². The molecule has 0 aliphatic heterocycles. The highest BCUT2D eigenvalue weighted by molar-refractivity contribution is 5.32. The van der Waals surface area contributed by atoms with Crippen LogP contribution in [0.5, 0.6) is 0 Å². The highest BCUT2D eigenvalue weighted by Gasteiger charge is 2.32. The maximum Gasteiger partial charge on any atom is 0.121 e. The smallest absolute Gasteiger partial charge is 0.121 e. The molecule has 2 N–H and O–H groups in total. The van der Waals surface area contributed by atoms with Crippen LogP contribution in [0.25, 0.3) is 0 Å². The average molecular weight is 256 g/mol. The third kappa shape index (κ3) is 3.46. The topological polar surface area (TPSA) is 16.6 Å². The minimum Gasteiger partial charge on any atom is -1.00 e. The zero-order valence-electron chi connectivity index (χ0n) is 11.6. The molecule has 0 aliphatic carbocycles. The molecule has 0 heterocycles. The summed E-state index contributed by atoms with van der Waals surface area (Å²) in [6, 6.07) is 8.93. The van der Waals surface area contributed by atoms with E-state index < -0.39 is 0 Å².